The molecule has 0 aliphatic heterocycles. The van der Waals surface area contributed by atoms with Crippen LogP contribution in [0.5, 0.6) is 0 Å². The van der Waals surface area contributed by atoms with Gasteiger partial charge < -0.3 is 9.72 Å². The molecule has 1 rings (SSSR count). The molecule has 0 bridgehead atoms. The van der Waals surface area contributed by atoms with Crippen LogP contribution in [0, 0.1) is 0 Å². The topological polar surface area (TPSA) is 55.0 Å². The zero-order valence-electron chi connectivity index (χ0n) is 9.24. The van der Waals surface area contributed by atoms with Gasteiger partial charge in [0.25, 0.3) is 0 Å². The number of hydrogen-bond donors (Lipinski definition) is 1. The molecule has 0 atom stereocenters. The van der Waals surface area contributed by atoms with E-state index in [1.54, 1.807) is 12.4 Å². The van der Waals surface area contributed by atoms with Gasteiger partial charge in [-0.2, -0.15) is 0 Å². The second-order valence-electron chi connectivity index (χ2n) is 4.08. The molecular weight excluding hydrogens is 212 g/mol. The van der Waals surface area contributed by atoms with E-state index >= 15 is 0 Å². The zero-order valence-corrected chi connectivity index (χ0v) is 10.1. The molecular formula is C10H16N2O2S. The summed E-state index contributed by atoms with van der Waals surface area (Å²) in [7, 11) is 0. The maximum Gasteiger partial charge on any atom is 0.307 e. The molecule has 0 saturated carbocycles. The number of carbonyl (C=O) groups excluding carboxylic acids is 1. The average molecular weight is 228 g/mol. The highest BCUT2D eigenvalue weighted by Gasteiger charge is 2.15. The van der Waals surface area contributed by atoms with E-state index < -0.39 is 5.60 Å². The third kappa shape index (κ3) is 5.47. The Bertz CT molecular complexity index is 304. The van der Waals surface area contributed by atoms with Crippen molar-refractivity contribution in [3.63, 3.8) is 0 Å². The van der Waals surface area contributed by atoms with E-state index in [1.165, 1.54) is 11.8 Å². The molecule has 0 fully saturated rings. The number of H-pyrrole nitrogens is 1. The lowest BCUT2D eigenvalue weighted by atomic mass is 10.2. The minimum Gasteiger partial charge on any atom is -0.460 e. The number of rotatable bonds is 4. The highest BCUT2D eigenvalue weighted by molar-refractivity contribution is 7.99. The first-order valence-electron chi connectivity index (χ1n) is 4.81. The van der Waals surface area contributed by atoms with E-state index in [0.717, 1.165) is 5.16 Å². The summed E-state index contributed by atoms with van der Waals surface area (Å²) in [5, 5.41) is 0.832. The number of aromatic amines is 1. The number of hydrogen-bond acceptors (Lipinski definition) is 4. The molecule has 1 aromatic rings. The van der Waals surface area contributed by atoms with Crippen molar-refractivity contribution in [3.8, 4) is 0 Å². The van der Waals surface area contributed by atoms with Crippen molar-refractivity contribution in [2.45, 2.75) is 37.9 Å². The Morgan fingerprint density at radius 2 is 2.33 bits per heavy atom. The van der Waals surface area contributed by atoms with E-state index in [9.17, 15) is 4.79 Å². The first-order valence-corrected chi connectivity index (χ1v) is 5.80. The monoisotopic (exact) mass is 228 g/mol. The van der Waals surface area contributed by atoms with Crippen molar-refractivity contribution < 1.29 is 9.53 Å². The van der Waals surface area contributed by atoms with Crippen LogP contribution in [0.25, 0.3) is 0 Å². The highest BCUT2D eigenvalue weighted by Crippen LogP contribution is 2.14. The van der Waals surface area contributed by atoms with Gasteiger partial charge in [-0.15, -0.1) is 0 Å². The highest BCUT2D eigenvalue weighted by atomic mass is 32.2. The van der Waals surface area contributed by atoms with Gasteiger partial charge in [0.1, 0.15) is 5.60 Å². The zero-order chi connectivity index (χ0) is 11.3. The van der Waals surface area contributed by atoms with Crippen LogP contribution < -0.4 is 0 Å². The predicted octanol–water partition coefficient (Wildman–Crippen LogP) is 2.23. The van der Waals surface area contributed by atoms with Crippen molar-refractivity contribution in [1.82, 2.24) is 9.97 Å². The minimum absolute atomic E-state index is 0.165. The smallest absolute Gasteiger partial charge is 0.307 e. The number of aromatic nitrogens is 2. The summed E-state index contributed by atoms with van der Waals surface area (Å²) in [5.41, 5.74) is -0.396. The van der Waals surface area contributed by atoms with Crippen LogP contribution in [0.4, 0.5) is 0 Å². The van der Waals surface area contributed by atoms with Gasteiger partial charge in [-0.05, 0) is 20.8 Å². The number of imidazole rings is 1. The van der Waals surface area contributed by atoms with Gasteiger partial charge in [0.2, 0.25) is 0 Å². The van der Waals surface area contributed by atoms with Crippen LogP contribution in [0.3, 0.4) is 0 Å². The van der Waals surface area contributed by atoms with Gasteiger partial charge in [-0.25, -0.2) is 4.98 Å². The summed E-state index contributed by atoms with van der Waals surface area (Å²) in [6.07, 6.45) is 3.86. The molecule has 84 valence electrons. The second-order valence-corrected chi connectivity index (χ2v) is 5.16. The van der Waals surface area contributed by atoms with E-state index in [0.29, 0.717) is 12.2 Å². The summed E-state index contributed by atoms with van der Waals surface area (Å²) < 4.78 is 5.17. The Balaban J connectivity index is 2.18. The molecule has 4 nitrogen and oxygen atoms in total. The van der Waals surface area contributed by atoms with Crippen molar-refractivity contribution in [2.24, 2.45) is 0 Å². The Morgan fingerprint density at radius 1 is 1.60 bits per heavy atom. The Morgan fingerprint density at radius 3 is 2.87 bits per heavy atom. The van der Waals surface area contributed by atoms with Gasteiger partial charge in [-0.1, -0.05) is 11.8 Å². The fourth-order valence-corrected chi connectivity index (χ4v) is 1.70. The lowest BCUT2D eigenvalue weighted by Gasteiger charge is -2.19. The molecule has 0 aromatic carbocycles. The van der Waals surface area contributed by atoms with E-state index in [2.05, 4.69) is 9.97 Å². The standard InChI is InChI=1S/C10H16N2O2S/c1-10(2,3)14-8(13)4-7-15-9-11-5-6-12-9/h5-6H,4,7H2,1-3H3,(H,11,12). The van der Waals surface area contributed by atoms with Gasteiger partial charge in [0, 0.05) is 18.1 Å². The molecule has 1 N–H and O–H groups in total. The molecule has 0 saturated heterocycles. The predicted molar refractivity (Wildman–Crippen MR) is 59.8 cm³/mol. The first kappa shape index (κ1) is 12.1. The normalized spacial score (nSPS) is 11.4. The van der Waals surface area contributed by atoms with Crippen molar-refractivity contribution >= 4 is 17.7 Å². The summed E-state index contributed by atoms with van der Waals surface area (Å²) in [5.74, 6) is 0.518. The van der Waals surface area contributed by atoms with Crippen LogP contribution in [0.2, 0.25) is 0 Å². The van der Waals surface area contributed by atoms with Crippen LogP contribution in [0.1, 0.15) is 27.2 Å². The molecule has 0 radical (unpaired) electrons. The van der Waals surface area contributed by atoms with E-state index in [1.807, 2.05) is 20.8 Å². The molecule has 1 aromatic heterocycles. The fraction of sp³-hybridized carbons (Fsp3) is 0.600. The number of nitrogens with one attached hydrogen (secondary N) is 1. The third-order valence-electron chi connectivity index (χ3n) is 1.44. The maximum absolute atomic E-state index is 11.3. The largest absolute Gasteiger partial charge is 0.460 e. The van der Waals surface area contributed by atoms with Gasteiger partial charge >= 0.3 is 5.97 Å². The molecule has 0 aliphatic carbocycles. The average Bonchev–Trinajstić information content (AvgIpc) is 2.53. The first-order chi connectivity index (χ1) is 6.97. The van der Waals surface area contributed by atoms with Gasteiger partial charge in [0.05, 0.1) is 6.42 Å². The fourth-order valence-electron chi connectivity index (χ4n) is 0.953. The molecule has 0 aliphatic rings. The third-order valence-corrected chi connectivity index (χ3v) is 2.34. The molecule has 0 spiro atoms. The van der Waals surface area contributed by atoms with Crippen LogP contribution in [-0.4, -0.2) is 27.3 Å². The van der Waals surface area contributed by atoms with Crippen LogP contribution >= 0.6 is 11.8 Å². The Hall–Kier alpha value is -0.970. The lowest BCUT2D eigenvalue weighted by molar-refractivity contribution is -0.154. The molecule has 5 heteroatoms. The summed E-state index contributed by atoms with van der Waals surface area (Å²) in [6.45, 7) is 5.60. The molecule has 0 amide bonds. The lowest BCUT2D eigenvalue weighted by Crippen LogP contribution is -2.24. The minimum atomic E-state index is -0.396. The molecule has 15 heavy (non-hydrogen) atoms. The van der Waals surface area contributed by atoms with Crippen molar-refractivity contribution in [1.29, 1.82) is 0 Å². The van der Waals surface area contributed by atoms with Gasteiger partial charge in [-0.3, -0.25) is 4.79 Å². The van der Waals surface area contributed by atoms with E-state index in [-0.39, 0.29) is 5.97 Å². The van der Waals surface area contributed by atoms with Crippen LogP contribution in [-0.2, 0) is 9.53 Å². The Kier molecular flexibility index (Phi) is 4.20. The number of esters is 1. The second kappa shape index (κ2) is 5.21. The molecule has 1 heterocycles. The van der Waals surface area contributed by atoms with E-state index in [4.69, 9.17) is 4.74 Å². The summed E-state index contributed by atoms with van der Waals surface area (Å²) in [4.78, 5) is 18.3. The van der Waals surface area contributed by atoms with Crippen molar-refractivity contribution in [2.75, 3.05) is 5.75 Å². The van der Waals surface area contributed by atoms with Crippen molar-refractivity contribution in [3.05, 3.63) is 12.4 Å². The van der Waals surface area contributed by atoms with Gasteiger partial charge in [0.15, 0.2) is 5.16 Å². The number of ether oxygens (including phenoxy) is 1. The number of nitrogens with zero attached hydrogens (tertiary/aromatic N) is 1. The number of thioether (sulfide) groups is 1. The summed E-state index contributed by atoms with van der Waals surface area (Å²) in [6, 6.07) is 0. The molecule has 0 unspecified atom stereocenters. The summed E-state index contributed by atoms with van der Waals surface area (Å²) >= 11 is 1.51. The Labute approximate surface area is 93.8 Å². The maximum atomic E-state index is 11.3. The quantitative estimate of drug-likeness (QED) is 0.634. The van der Waals surface area contributed by atoms with Crippen LogP contribution in [0.15, 0.2) is 17.6 Å². The SMILES string of the molecule is CC(C)(C)OC(=O)CCSc1ncc[nH]1. The number of carbonyl (C=O) groups is 1.